The van der Waals surface area contributed by atoms with Gasteiger partial charge in [-0.1, -0.05) is 11.6 Å². The summed E-state index contributed by atoms with van der Waals surface area (Å²) in [6.07, 6.45) is -0.893. The van der Waals surface area contributed by atoms with Gasteiger partial charge in [-0.05, 0) is 31.0 Å². The van der Waals surface area contributed by atoms with E-state index in [1.165, 1.54) is 0 Å². The minimum Gasteiger partial charge on any atom is -0.355 e. The van der Waals surface area contributed by atoms with E-state index in [0.717, 1.165) is 12.3 Å². The van der Waals surface area contributed by atoms with Crippen LogP contribution in [-0.2, 0) is 11.0 Å². The summed E-state index contributed by atoms with van der Waals surface area (Å²) in [7, 11) is 0. The number of nitrogens with zero attached hydrogens (tertiary/aromatic N) is 6. The van der Waals surface area contributed by atoms with Crippen LogP contribution in [0.5, 0.6) is 0 Å². The fraction of sp³-hybridized carbons (Fsp3) is 0.455. The zero-order valence-corrected chi connectivity index (χ0v) is 18.5. The number of carbonyl (C=O) groups is 1. The molecule has 0 N–H and O–H groups in total. The first-order valence-electron chi connectivity index (χ1n) is 10.6. The number of rotatable bonds is 3. The maximum Gasteiger partial charge on any atom is 0.417 e. The highest BCUT2D eigenvalue weighted by Gasteiger charge is 2.34. The largest absolute Gasteiger partial charge is 0.417 e. The van der Waals surface area contributed by atoms with E-state index >= 15 is 0 Å². The number of anilines is 2. The minimum atomic E-state index is -4.49. The molecule has 4 heterocycles. The van der Waals surface area contributed by atoms with Gasteiger partial charge >= 0.3 is 6.18 Å². The molecule has 0 radical (unpaired) electrons. The molecular formula is C22H22ClF3N6O. The number of amides is 1. The van der Waals surface area contributed by atoms with Crippen molar-refractivity contribution < 1.29 is 18.0 Å². The van der Waals surface area contributed by atoms with E-state index in [2.05, 4.69) is 16.0 Å². The van der Waals surface area contributed by atoms with Gasteiger partial charge in [0, 0.05) is 57.6 Å². The summed E-state index contributed by atoms with van der Waals surface area (Å²) in [5.74, 6) is 0.891. The molecule has 0 aromatic carbocycles. The number of piperidine rings is 1. The van der Waals surface area contributed by atoms with Gasteiger partial charge in [0.2, 0.25) is 5.91 Å². The molecule has 0 spiro atoms. The Hall–Kier alpha value is -3.06. The van der Waals surface area contributed by atoms with Gasteiger partial charge in [-0.3, -0.25) is 4.79 Å². The summed E-state index contributed by atoms with van der Waals surface area (Å²) in [6.45, 7) is 3.28. The quantitative estimate of drug-likeness (QED) is 0.671. The molecule has 2 fully saturated rings. The highest BCUT2D eigenvalue weighted by molar-refractivity contribution is 6.33. The Labute approximate surface area is 194 Å². The lowest BCUT2D eigenvalue weighted by molar-refractivity contribution is -0.138. The molecule has 1 amide bonds. The van der Waals surface area contributed by atoms with Gasteiger partial charge in [0.1, 0.15) is 17.7 Å². The lowest BCUT2D eigenvalue weighted by atomic mass is 9.95. The van der Waals surface area contributed by atoms with Gasteiger partial charge in [0.15, 0.2) is 0 Å². The fourth-order valence-corrected chi connectivity index (χ4v) is 4.58. The van der Waals surface area contributed by atoms with Crippen LogP contribution < -0.4 is 9.80 Å². The monoisotopic (exact) mass is 478 g/mol. The van der Waals surface area contributed by atoms with Gasteiger partial charge in [-0.25, -0.2) is 9.97 Å². The van der Waals surface area contributed by atoms with Crippen LogP contribution in [-0.4, -0.2) is 60.0 Å². The molecule has 0 unspecified atom stereocenters. The summed E-state index contributed by atoms with van der Waals surface area (Å²) in [6, 6.07) is 6.49. The van der Waals surface area contributed by atoms with Gasteiger partial charge in [0.25, 0.3) is 0 Å². The van der Waals surface area contributed by atoms with Crippen molar-refractivity contribution in [2.75, 3.05) is 49.1 Å². The Morgan fingerprint density at radius 2 is 1.73 bits per heavy atom. The van der Waals surface area contributed by atoms with E-state index in [0.29, 0.717) is 69.3 Å². The predicted molar refractivity (Wildman–Crippen MR) is 117 cm³/mol. The fourth-order valence-electron chi connectivity index (χ4n) is 4.29. The van der Waals surface area contributed by atoms with E-state index in [-0.39, 0.29) is 16.8 Å². The second-order valence-corrected chi connectivity index (χ2v) is 8.49. The molecule has 0 aliphatic carbocycles. The number of carbonyl (C=O) groups excluding carboxylic acids is 1. The van der Waals surface area contributed by atoms with Crippen molar-refractivity contribution in [2.45, 2.75) is 19.0 Å². The maximum atomic E-state index is 13.0. The van der Waals surface area contributed by atoms with E-state index in [4.69, 9.17) is 11.6 Å². The molecule has 7 nitrogen and oxygen atoms in total. The number of pyridine rings is 2. The molecule has 4 rings (SSSR count). The van der Waals surface area contributed by atoms with E-state index < -0.39 is 11.7 Å². The second kappa shape index (κ2) is 9.43. The minimum absolute atomic E-state index is 0.0445. The summed E-state index contributed by atoms with van der Waals surface area (Å²) in [4.78, 5) is 27.0. The van der Waals surface area contributed by atoms with Crippen molar-refractivity contribution in [2.24, 2.45) is 5.92 Å². The SMILES string of the molecule is N#Cc1cccnc1N1CCN(C(=O)C2CCN(c3ncc(C(F)(F)F)cc3Cl)CC2)CC1. The summed E-state index contributed by atoms with van der Waals surface area (Å²) in [5, 5.41) is 9.24. The van der Waals surface area contributed by atoms with Gasteiger partial charge in [-0.15, -0.1) is 0 Å². The summed E-state index contributed by atoms with van der Waals surface area (Å²) in [5.41, 5.74) is -0.367. The summed E-state index contributed by atoms with van der Waals surface area (Å²) < 4.78 is 38.5. The molecule has 33 heavy (non-hydrogen) atoms. The third kappa shape index (κ3) is 4.98. The zero-order valence-electron chi connectivity index (χ0n) is 17.7. The van der Waals surface area contributed by atoms with Gasteiger partial charge in [-0.2, -0.15) is 18.4 Å². The van der Waals surface area contributed by atoms with Crippen LogP contribution in [0.4, 0.5) is 24.8 Å². The molecule has 0 saturated carbocycles. The first kappa shape index (κ1) is 23.1. The van der Waals surface area contributed by atoms with Crippen molar-refractivity contribution in [3.63, 3.8) is 0 Å². The molecule has 2 aliphatic heterocycles. The van der Waals surface area contributed by atoms with Crippen LogP contribution in [0.3, 0.4) is 0 Å². The average molecular weight is 479 g/mol. The van der Waals surface area contributed by atoms with E-state index in [1.54, 1.807) is 18.3 Å². The van der Waals surface area contributed by atoms with Crippen LogP contribution in [0.15, 0.2) is 30.6 Å². The Morgan fingerprint density at radius 3 is 2.33 bits per heavy atom. The van der Waals surface area contributed by atoms with Crippen molar-refractivity contribution in [3.8, 4) is 6.07 Å². The zero-order chi connectivity index (χ0) is 23.6. The normalized spacial score (nSPS) is 17.7. The third-order valence-electron chi connectivity index (χ3n) is 6.09. The molecule has 0 bridgehead atoms. The Balaban J connectivity index is 1.32. The number of hydrogen-bond donors (Lipinski definition) is 0. The predicted octanol–water partition coefficient (Wildman–Crippen LogP) is 3.59. The molecular weight excluding hydrogens is 457 g/mol. The lowest BCUT2D eigenvalue weighted by Gasteiger charge is -2.39. The van der Waals surface area contributed by atoms with Crippen molar-refractivity contribution in [1.29, 1.82) is 5.26 Å². The molecule has 174 valence electrons. The molecule has 0 atom stereocenters. The van der Waals surface area contributed by atoms with Gasteiger partial charge in [0.05, 0.1) is 16.1 Å². The van der Waals surface area contributed by atoms with E-state index in [1.807, 2.05) is 14.7 Å². The number of hydrogen-bond acceptors (Lipinski definition) is 6. The van der Waals surface area contributed by atoms with Gasteiger partial charge < -0.3 is 14.7 Å². The number of nitriles is 1. The summed E-state index contributed by atoms with van der Waals surface area (Å²) >= 11 is 6.07. The van der Waals surface area contributed by atoms with Crippen molar-refractivity contribution in [1.82, 2.24) is 14.9 Å². The number of alkyl halides is 3. The van der Waals surface area contributed by atoms with Crippen LogP contribution >= 0.6 is 11.6 Å². The molecule has 2 aromatic rings. The Kier molecular flexibility index (Phi) is 6.61. The Bertz CT molecular complexity index is 1060. The van der Waals surface area contributed by atoms with Crippen LogP contribution in [0.1, 0.15) is 24.0 Å². The number of halogens is 4. The number of piperazine rings is 1. The highest BCUT2D eigenvalue weighted by atomic mass is 35.5. The lowest BCUT2D eigenvalue weighted by Crippen LogP contribution is -2.52. The first-order valence-corrected chi connectivity index (χ1v) is 11.0. The first-order chi connectivity index (χ1) is 15.8. The second-order valence-electron chi connectivity index (χ2n) is 8.09. The van der Waals surface area contributed by atoms with Crippen LogP contribution in [0, 0.1) is 17.2 Å². The van der Waals surface area contributed by atoms with Crippen LogP contribution in [0.25, 0.3) is 0 Å². The molecule has 11 heteroatoms. The standard InChI is InChI=1S/C22H22ClF3N6O/c23-18-12-17(22(24,25)26)14-29-20(18)30-6-3-15(4-7-30)21(33)32-10-8-31(9-11-32)19-16(13-27)2-1-5-28-19/h1-2,5,12,14-15H,3-4,6-11H2. The topological polar surface area (TPSA) is 76.4 Å². The van der Waals surface area contributed by atoms with Crippen molar-refractivity contribution in [3.05, 3.63) is 46.7 Å². The maximum absolute atomic E-state index is 13.0. The van der Waals surface area contributed by atoms with E-state index in [9.17, 15) is 23.2 Å². The highest BCUT2D eigenvalue weighted by Crippen LogP contribution is 2.35. The van der Waals surface area contributed by atoms with Crippen LogP contribution in [0.2, 0.25) is 5.02 Å². The molecule has 2 aromatic heterocycles. The third-order valence-corrected chi connectivity index (χ3v) is 6.37. The Morgan fingerprint density at radius 1 is 1.06 bits per heavy atom. The average Bonchev–Trinajstić information content (AvgIpc) is 2.83. The smallest absolute Gasteiger partial charge is 0.355 e. The molecule has 2 aliphatic rings. The number of aromatic nitrogens is 2. The molecule has 2 saturated heterocycles. The van der Waals surface area contributed by atoms with Crippen molar-refractivity contribution >= 4 is 29.1 Å².